The van der Waals surface area contributed by atoms with E-state index < -0.39 is 0 Å². The number of hydrogen-bond donors (Lipinski definition) is 1. The molecule has 1 amide bonds. The van der Waals surface area contributed by atoms with Gasteiger partial charge in [0, 0.05) is 21.1 Å². The Morgan fingerprint density at radius 2 is 1.83 bits per heavy atom. The van der Waals surface area contributed by atoms with Crippen molar-refractivity contribution < 1.29 is 9.21 Å². The molecule has 118 valence electrons. The van der Waals surface area contributed by atoms with E-state index in [2.05, 4.69) is 41.2 Å². The topological polar surface area (TPSA) is 42.2 Å². The van der Waals surface area contributed by atoms with E-state index in [1.165, 1.54) is 11.1 Å². The zero-order valence-electron chi connectivity index (χ0n) is 13.4. The first-order chi connectivity index (χ1) is 10.9. The summed E-state index contributed by atoms with van der Waals surface area (Å²) in [5, 5.41) is 3.95. The Hall–Kier alpha value is -2.07. The molecule has 2 aromatic carbocycles. The van der Waals surface area contributed by atoms with Crippen LogP contribution in [0.4, 0.5) is 5.69 Å². The average molecular weight is 372 g/mol. The summed E-state index contributed by atoms with van der Waals surface area (Å²) >= 11 is 3.46. The molecule has 1 aromatic heterocycles. The number of carbonyl (C=O) groups excluding carboxylic acids is 1. The van der Waals surface area contributed by atoms with Gasteiger partial charge in [-0.1, -0.05) is 15.9 Å². The van der Waals surface area contributed by atoms with Crippen LogP contribution < -0.4 is 5.32 Å². The molecule has 3 aromatic rings. The Labute approximate surface area is 143 Å². The summed E-state index contributed by atoms with van der Waals surface area (Å²) in [5.41, 5.74) is 6.01. The van der Waals surface area contributed by atoms with Crippen LogP contribution in [0.15, 0.2) is 45.5 Å². The third kappa shape index (κ3) is 3.32. The fourth-order valence-corrected chi connectivity index (χ4v) is 2.82. The third-order valence-electron chi connectivity index (χ3n) is 4.06. The first-order valence-electron chi connectivity index (χ1n) is 7.47. The number of hydrogen-bond acceptors (Lipinski definition) is 2. The van der Waals surface area contributed by atoms with E-state index in [1.54, 1.807) is 6.26 Å². The third-order valence-corrected chi connectivity index (χ3v) is 4.95. The molecule has 1 heterocycles. The number of anilines is 1. The highest BCUT2D eigenvalue weighted by atomic mass is 79.9. The summed E-state index contributed by atoms with van der Waals surface area (Å²) < 4.78 is 6.61. The molecule has 0 fully saturated rings. The number of halogens is 1. The Morgan fingerprint density at radius 3 is 2.57 bits per heavy atom. The van der Waals surface area contributed by atoms with Crippen molar-refractivity contribution in [2.24, 2.45) is 0 Å². The zero-order valence-corrected chi connectivity index (χ0v) is 15.0. The van der Waals surface area contributed by atoms with Crippen molar-refractivity contribution >= 4 is 38.5 Å². The number of benzene rings is 2. The molecule has 0 bridgehead atoms. The summed E-state index contributed by atoms with van der Waals surface area (Å²) in [7, 11) is 0. The lowest BCUT2D eigenvalue weighted by Gasteiger charge is -2.07. The van der Waals surface area contributed by atoms with Gasteiger partial charge >= 0.3 is 0 Å². The minimum absolute atomic E-state index is 0.0485. The summed E-state index contributed by atoms with van der Waals surface area (Å²) in [6.07, 6.45) is 1.97. The second kappa shape index (κ2) is 6.20. The lowest BCUT2D eigenvalue weighted by Crippen LogP contribution is -2.14. The Kier molecular flexibility index (Phi) is 4.26. The highest BCUT2D eigenvalue weighted by Gasteiger charge is 2.12. The maximum absolute atomic E-state index is 12.3. The highest BCUT2D eigenvalue weighted by Crippen LogP contribution is 2.26. The molecule has 0 saturated carbocycles. The predicted octanol–water partition coefficient (Wildman–Crippen LogP) is 5.30. The summed E-state index contributed by atoms with van der Waals surface area (Å²) in [6, 6.07) is 9.87. The smallest absolute Gasteiger partial charge is 0.228 e. The largest absolute Gasteiger partial charge is 0.464 e. The van der Waals surface area contributed by atoms with Crippen LogP contribution in [0.1, 0.15) is 22.3 Å². The van der Waals surface area contributed by atoms with Gasteiger partial charge in [-0.25, -0.2) is 0 Å². The summed E-state index contributed by atoms with van der Waals surface area (Å²) in [5.74, 6) is -0.0485. The number of amides is 1. The molecule has 3 rings (SSSR count). The SMILES string of the molecule is Cc1cc2occ(CC(=O)Nc3ccc(Br)c(C)c3)c2cc1C. The van der Waals surface area contributed by atoms with Crippen LogP contribution in [0, 0.1) is 20.8 Å². The number of aryl methyl sites for hydroxylation is 3. The quantitative estimate of drug-likeness (QED) is 0.678. The van der Waals surface area contributed by atoms with E-state index in [9.17, 15) is 4.79 Å². The number of furan rings is 1. The van der Waals surface area contributed by atoms with Crippen LogP contribution >= 0.6 is 15.9 Å². The Bertz CT molecular complexity index is 896. The van der Waals surface area contributed by atoms with Crippen molar-refractivity contribution in [3.8, 4) is 0 Å². The van der Waals surface area contributed by atoms with Gasteiger partial charge in [0.15, 0.2) is 0 Å². The second-order valence-corrected chi connectivity index (χ2v) is 6.74. The molecule has 0 aliphatic rings. The second-order valence-electron chi connectivity index (χ2n) is 5.88. The van der Waals surface area contributed by atoms with E-state index in [-0.39, 0.29) is 5.91 Å². The van der Waals surface area contributed by atoms with E-state index in [0.29, 0.717) is 6.42 Å². The zero-order chi connectivity index (χ0) is 16.6. The molecule has 0 atom stereocenters. The molecule has 0 aliphatic heterocycles. The van der Waals surface area contributed by atoms with Crippen molar-refractivity contribution in [1.29, 1.82) is 0 Å². The molecule has 0 spiro atoms. The van der Waals surface area contributed by atoms with Crippen molar-refractivity contribution in [3.05, 3.63) is 63.3 Å². The van der Waals surface area contributed by atoms with E-state index in [1.807, 2.05) is 31.2 Å². The lowest BCUT2D eigenvalue weighted by atomic mass is 10.0. The van der Waals surface area contributed by atoms with Crippen LogP contribution in [-0.4, -0.2) is 5.91 Å². The first-order valence-corrected chi connectivity index (χ1v) is 8.26. The van der Waals surface area contributed by atoms with E-state index >= 15 is 0 Å². The van der Waals surface area contributed by atoms with Crippen LogP contribution in [0.3, 0.4) is 0 Å². The Balaban J connectivity index is 1.80. The van der Waals surface area contributed by atoms with E-state index in [0.717, 1.165) is 32.3 Å². The van der Waals surface area contributed by atoms with Gasteiger partial charge < -0.3 is 9.73 Å². The monoisotopic (exact) mass is 371 g/mol. The number of nitrogens with one attached hydrogen (secondary N) is 1. The van der Waals surface area contributed by atoms with Crippen LogP contribution in [0.5, 0.6) is 0 Å². The normalized spacial score (nSPS) is 11.0. The molecule has 0 radical (unpaired) electrons. The van der Waals surface area contributed by atoms with Crippen molar-refractivity contribution in [2.45, 2.75) is 27.2 Å². The van der Waals surface area contributed by atoms with Gasteiger partial charge in [0.1, 0.15) is 5.58 Å². The van der Waals surface area contributed by atoms with Crippen LogP contribution in [0.2, 0.25) is 0 Å². The summed E-state index contributed by atoms with van der Waals surface area (Å²) in [4.78, 5) is 12.3. The molecule has 3 nitrogen and oxygen atoms in total. The maximum Gasteiger partial charge on any atom is 0.228 e. The molecular weight excluding hydrogens is 354 g/mol. The molecule has 0 unspecified atom stereocenters. The highest BCUT2D eigenvalue weighted by molar-refractivity contribution is 9.10. The van der Waals surface area contributed by atoms with Crippen molar-refractivity contribution in [1.82, 2.24) is 0 Å². The minimum Gasteiger partial charge on any atom is -0.464 e. The number of fused-ring (bicyclic) bond motifs is 1. The molecule has 0 aliphatic carbocycles. The van der Waals surface area contributed by atoms with Crippen molar-refractivity contribution in [3.63, 3.8) is 0 Å². The molecule has 1 N–H and O–H groups in total. The van der Waals surface area contributed by atoms with Crippen LogP contribution in [0.25, 0.3) is 11.0 Å². The van der Waals surface area contributed by atoms with E-state index in [4.69, 9.17) is 4.42 Å². The van der Waals surface area contributed by atoms with Crippen LogP contribution in [-0.2, 0) is 11.2 Å². The van der Waals surface area contributed by atoms with Crippen molar-refractivity contribution in [2.75, 3.05) is 5.32 Å². The summed E-state index contributed by atoms with van der Waals surface area (Å²) in [6.45, 7) is 6.12. The van der Waals surface area contributed by atoms with Gasteiger partial charge in [0.25, 0.3) is 0 Å². The van der Waals surface area contributed by atoms with Gasteiger partial charge in [-0.2, -0.15) is 0 Å². The molecule has 4 heteroatoms. The molecule has 23 heavy (non-hydrogen) atoms. The van der Waals surface area contributed by atoms with Gasteiger partial charge in [-0.15, -0.1) is 0 Å². The fourth-order valence-electron chi connectivity index (χ4n) is 2.57. The standard InChI is InChI=1S/C19H18BrNO2/c1-11-7-16-14(10-23-18(16)8-12(11)2)9-19(22)21-15-4-5-17(20)13(3)6-15/h4-8,10H,9H2,1-3H3,(H,21,22). The van der Waals surface area contributed by atoms with Gasteiger partial charge in [-0.3, -0.25) is 4.79 Å². The lowest BCUT2D eigenvalue weighted by molar-refractivity contribution is -0.115. The molecule has 0 saturated heterocycles. The average Bonchev–Trinajstić information content (AvgIpc) is 2.86. The predicted molar refractivity (Wildman–Crippen MR) is 96.9 cm³/mol. The maximum atomic E-state index is 12.3. The number of carbonyl (C=O) groups is 1. The Morgan fingerprint density at radius 1 is 1.09 bits per heavy atom. The van der Waals surface area contributed by atoms with Gasteiger partial charge in [-0.05, 0) is 67.8 Å². The van der Waals surface area contributed by atoms with Gasteiger partial charge in [0.05, 0.1) is 12.7 Å². The minimum atomic E-state index is -0.0485. The van der Waals surface area contributed by atoms with Gasteiger partial charge in [0.2, 0.25) is 5.91 Å². The number of rotatable bonds is 3. The fraction of sp³-hybridized carbons (Fsp3) is 0.211. The molecular formula is C19H18BrNO2. The first kappa shape index (κ1) is 15.8.